The monoisotopic (exact) mass is 258 g/mol. The smallest absolute Gasteiger partial charge is 0.0454 e. The molecule has 0 nitrogen and oxygen atoms in total. The van der Waals surface area contributed by atoms with Crippen LogP contribution in [0.1, 0.15) is 47.0 Å². The van der Waals surface area contributed by atoms with Gasteiger partial charge in [-0.05, 0) is 44.2 Å². The van der Waals surface area contributed by atoms with Gasteiger partial charge in [-0.1, -0.05) is 60.4 Å². The molecule has 0 spiro atoms. The Bertz CT molecular complexity index is 437. The van der Waals surface area contributed by atoms with Crippen molar-refractivity contribution in [2.45, 2.75) is 57.5 Å². The number of hydrogen-bond acceptors (Lipinski definition) is 0. The minimum atomic E-state index is -0.167. The van der Waals surface area contributed by atoms with Crippen LogP contribution in [0.15, 0.2) is 47.1 Å². The Morgan fingerprint density at radius 2 is 2.06 bits per heavy atom. The molecule has 2 unspecified atom stereocenters. The molecular weight excluding hydrogens is 232 g/mol. The molecule has 0 aromatic rings. The summed E-state index contributed by atoms with van der Waals surface area (Å²) in [5, 5.41) is 0.537. The molecule has 0 aromatic carbocycles. The molecule has 2 aliphatic rings. The molecule has 18 heavy (non-hydrogen) atoms. The van der Waals surface area contributed by atoms with Crippen molar-refractivity contribution in [3.63, 3.8) is 0 Å². The maximum atomic E-state index is 2.52. The normalized spacial score (nSPS) is 31.8. The molecule has 0 amide bonds. The van der Waals surface area contributed by atoms with E-state index in [2.05, 4.69) is 58.1 Å². The highest BCUT2D eigenvalue weighted by atomic mass is 28.2. The summed E-state index contributed by atoms with van der Waals surface area (Å²) in [6.07, 6.45) is 15.8. The molecule has 0 heterocycles. The van der Waals surface area contributed by atoms with Gasteiger partial charge in [-0.3, -0.25) is 0 Å². The second-order valence-corrected chi connectivity index (χ2v) is 8.75. The Morgan fingerprint density at radius 3 is 2.56 bits per heavy atom. The van der Waals surface area contributed by atoms with Gasteiger partial charge in [0.1, 0.15) is 0 Å². The Hall–Kier alpha value is -0.823. The largest absolute Gasteiger partial charge is 0.0840 e. The van der Waals surface area contributed by atoms with Gasteiger partial charge in [-0.15, -0.1) is 0 Å². The van der Waals surface area contributed by atoms with E-state index in [4.69, 9.17) is 0 Å². The second kappa shape index (κ2) is 5.44. The standard InChI is InChI=1S/C17H26Si/c1-5-9-17(10-7-6-8-11-17)18-16-14(3)12-13(2)15(16)4/h6-8,10,12,16H,5,9,11,18H2,1-4H3. The van der Waals surface area contributed by atoms with Crippen LogP contribution in [0.5, 0.6) is 0 Å². The Balaban J connectivity index is 2.18. The first-order valence-corrected chi connectivity index (χ1v) is 8.80. The van der Waals surface area contributed by atoms with E-state index >= 15 is 0 Å². The van der Waals surface area contributed by atoms with Gasteiger partial charge in [0.2, 0.25) is 0 Å². The summed E-state index contributed by atoms with van der Waals surface area (Å²) in [5.74, 6) is 0. The lowest BCUT2D eigenvalue weighted by atomic mass is 9.94. The number of hydrogen-bond donors (Lipinski definition) is 0. The molecule has 1 heteroatoms. The van der Waals surface area contributed by atoms with E-state index in [-0.39, 0.29) is 9.52 Å². The van der Waals surface area contributed by atoms with Crippen molar-refractivity contribution < 1.29 is 0 Å². The van der Waals surface area contributed by atoms with Crippen molar-refractivity contribution >= 4 is 9.52 Å². The van der Waals surface area contributed by atoms with Crippen LogP contribution in [0, 0.1) is 0 Å². The van der Waals surface area contributed by atoms with E-state index in [0.717, 1.165) is 5.54 Å². The molecule has 0 bridgehead atoms. The van der Waals surface area contributed by atoms with Gasteiger partial charge in [0, 0.05) is 9.52 Å². The molecule has 0 saturated carbocycles. The molecule has 0 aliphatic heterocycles. The molecule has 2 rings (SSSR count). The fraction of sp³-hybridized carbons (Fsp3) is 0.529. The van der Waals surface area contributed by atoms with Crippen LogP contribution in [0.2, 0.25) is 10.6 Å². The first-order valence-electron chi connectivity index (χ1n) is 7.28. The molecule has 0 fully saturated rings. The van der Waals surface area contributed by atoms with Crippen molar-refractivity contribution in [2.24, 2.45) is 0 Å². The summed E-state index contributed by atoms with van der Waals surface area (Å²) in [5.41, 5.74) is 5.60. The number of rotatable bonds is 4. The van der Waals surface area contributed by atoms with Gasteiger partial charge in [0.25, 0.3) is 0 Å². The third kappa shape index (κ3) is 2.61. The lowest BCUT2D eigenvalue weighted by Gasteiger charge is -2.34. The summed E-state index contributed by atoms with van der Waals surface area (Å²) in [7, 11) is -0.167. The fourth-order valence-corrected chi connectivity index (χ4v) is 6.58. The molecule has 0 radical (unpaired) electrons. The van der Waals surface area contributed by atoms with E-state index in [9.17, 15) is 0 Å². The highest BCUT2D eigenvalue weighted by molar-refractivity contribution is 6.45. The highest BCUT2D eigenvalue weighted by Gasteiger charge is 2.33. The predicted octanol–water partition coefficient (Wildman–Crippen LogP) is 4.71. The van der Waals surface area contributed by atoms with Crippen molar-refractivity contribution in [3.05, 3.63) is 47.1 Å². The average molecular weight is 258 g/mol. The topological polar surface area (TPSA) is 0 Å². The molecule has 0 aromatic heterocycles. The van der Waals surface area contributed by atoms with E-state index in [1.54, 1.807) is 11.1 Å². The fourth-order valence-electron chi connectivity index (χ4n) is 3.54. The zero-order chi connectivity index (χ0) is 13.2. The van der Waals surface area contributed by atoms with Gasteiger partial charge in [0.15, 0.2) is 0 Å². The van der Waals surface area contributed by atoms with Crippen molar-refractivity contribution in [2.75, 3.05) is 0 Å². The molecular formula is C17H26Si. The van der Waals surface area contributed by atoms with Crippen molar-refractivity contribution in [1.82, 2.24) is 0 Å². The van der Waals surface area contributed by atoms with Crippen LogP contribution in [-0.4, -0.2) is 9.52 Å². The molecule has 0 saturated heterocycles. The van der Waals surface area contributed by atoms with Gasteiger partial charge in [-0.25, -0.2) is 0 Å². The van der Waals surface area contributed by atoms with E-state index in [0.29, 0.717) is 5.04 Å². The number of allylic oxidation sites excluding steroid dienone is 8. The van der Waals surface area contributed by atoms with Crippen molar-refractivity contribution in [1.29, 1.82) is 0 Å². The van der Waals surface area contributed by atoms with Crippen LogP contribution < -0.4 is 0 Å². The van der Waals surface area contributed by atoms with Crippen LogP contribution >= 0.6 is 0 Å². The summed E-state index contributed by atoms with van der Waals surface area (Å²) in [6.45, 7) is 9.28. The third-order valence-electron chi connectivity index (χ3n) is 4.72. The first-order chi connectivity index (χ1) is 8.58. The summed E-state index contributed by atoms with van der Waals surface area (Å²) < 4.78 is 0. The third-order valence-corrected chi connectivity index (χ3v) is 8.07. The lowest BCUT2D eigenvalue weighted by molar-refractivity contribution is 0.595. The first kappa shape index (κ1) is 13.6. The van der Waals surface area contributed by atoms with Crippen LogP contribution in [-0.2, 0) is 0 Å². The van der Waals surface area contributed by atoms with Crippen LogP contribution in [0.3, 0.4) is 0 Å². The van der Waals surface area contributed by atoms with Crippen molar-refractivity contribution in [3.8, 4) is 0 Å². The zero-order valence-corrected chi connectivity index (χ0v) is 13.7. The summed E-state index contributed by atoms with van der Waals surface area (Å²) in [6, 6.07) is 0. The highest BCUT2D eigenvalue weighted by Crippen LogP contribution is 2.47. The van der Waals surface area contributed by atoms with Crippen LogP contribution in [0.4, 0.5) is 0 Å². The van der Waals surface area contributed by atoms with E-state index in [1.807, 2.05) is 0 Å². The lowest BCUT2D eigenvalue weighted by Crippen LogP contribution is -2.23. The second-order valence-electron chi connectivity index (χ2n) is 6.11. The average Bonchev–Trinajstić information content (AvgIpc) is 2.58. The van der Waals surface area contributed by atoms with E-state index in [1.165, 1.54) is 24.8 Å². The Labute approximate surface area is 114 Å². The zero-order valence-electron chi connectivity index (χ0n) is 12.3. The predicted molar refractivity (Wildman–Crippen MR) is 84.9 cm³/mol. The molecule has 2 atom stereocenters. The quantitative estimate of drug-likeness (QED) is 0.640. The maximum absolute atomic E-state index is 2.52. The van der Waals surface area contributed by atoms with Gasteiger partial charge < -0.3 is 0 Å². The summed E-state index contributed by atoms with van der Waals surface area (Å²) >= 11 is 0. The molecule has 0 N–H and O–H groups in total. The Morgan fingerprint density at radius 1 is 1.28 bits per heavy atom. The van der Waals surface area contributed by atoms with Crippen LogP contribution in [0.25, 0.3) is 0 Å². The van der Waals surface area contributed by atoms with Gasteiger partial charge in [0.05, 0.1) is 0 Å². The molecule has 98 valence electrons. The SMILES string of the molecule is CCCC1([SiH2]C2C(C)=CC(C)=C2C)C=CC=CC1. The minimum absolute atomic E-state index is 0.167. The molecule has 2 aliphatic carbocycles. The van der Waals surface area contributed by atoms with E-state index < -0.39 is 0 Å². The van der Waals surface area contributed by atoms with Gasteiger partial charge >= 0.3 is 0 Å². The maximum Gasteiger partial charge on any atom is 0.0454 e. The Kier molecular flexibility index (Phi) is 4.11. The van der Waals surface area contributed by atoms with Gasteiger partial charge in [-0.2, -0.15) is 0 Å². The minimum Gasteiger partial charge on any atom is -0.0840 e. The summed E-state index contributed by atoms with van der Waals surface area (Å²) in [4.78, 5) is 0.